The molecule has 0 spiro atoms. The van der Waals surface area contributed by atoms with Crippen LogP contribution in [-0.4, -0.2) is 36.0 Å². The van der Waals surface area contributed by atoms with E-state index in [1.54, 1.807) is 43.5 Å². The molecule has 0 aliphatic rings. The minimum atomic E-state index is -1.10. The number of ether oxygens (including phenoxy) is 2. The highest BCUT2D eigenvalue weighted by Gasteiger charge is 2.10. The van der Waals surface area contributed by atoms with Gasteiger partial charge in [-0.15, -0.1) is 0 Å². The molecular weight excluding hydrogens is 402 g/mol. The molecule has 2 aromatic carbocycles. The zero-order valence-corrected chi connectivity index (χ0v) is 15.7. The maximum Gasteiger partial charge on any atom is 0.337 e. The number of anilines is 1. The van der Waals surface area contributed by atoms with Gasteiger partial charge in [0.25, 0.3) is 0 Å². The molecule has 0 saturated carbocycles. The first-order valence-corrected chi connectivity index (χ1v) is 8.85. The van der Waals surface area contributed by atoms with E-state index in [4.69, 9.17) is 14.6 Å². The van der Waals surface area contributed by atoms with E-state index in [1.807, 2.05) is 0 Å². The topological polar surface area (TPSA) is 84.9 Å². The highest BCUT2D eigenvalue weighted by atomic mass is 79.9. The molecule has 0 aliphatic carbocycles. The van der Waals surface area contributed by atoms with Crippen LogP contribution >= 0.6 is 15.9 Å². The molecule has 0 heterocycles. The Balaban J connectivity index is 2.09. The summed E-state index contributed by atoms with van der Waals surface area (Å²) in [6.07, 6.45) is 2.93. The minimum Gasteiger partial charge on any atom is -0.493 e. The molecule has 1 amide bonds. The Morgan fingerprint density at radius 3 is 2.65 bits per heavy atom. The monoisotopic (exact) mass is 419 g/mol. The Kier molecular flexibility index (Phi) is 7.23. The van der Waals surface area contributed by atoms with Crippen LogP contribution in [0.3, 0.4) is 0 Å². The molecule has 2 N–H and O–H groups in total. The zero-order chi connectivity index (χ0) is 18.9. The predicted molar refractivity (Wildman–Crippen MR) is 103 cm³/mol. The van der Waals surface area contributed by atoms with Crippen LogP contribution in [0.25, 0.3) is 6.08 Å². The number of amides is 1. The van der Waals surface area contributed by atoms with E-state index < -0.39 is 11.9 Å². The lowest BCUT2D eigenvalue weighted by Gasteiger charge is -2.10. The van der Waals surface area contributed by atoms with Crippen molar-refractivity contribution >= 4 is 39.6 Å². The van der Waals surface area contributed by atoms with Crippen molar-refractivity contribution in [1.82, 2.24) is 0 Å². The second-order valence-corrected chi connectivity index (χ2v) is 5.91. The lowest BCUT2D eigenvalue weighted by molar-refractivity contribution is -0.111. The lowest BCUT2D eigenvalue weighted by Crippen LogP contribution is -2.11. The summed E-state index contributed by atoms with van der Waals surface area (Å²) in [5.41, 5.74) is 1.02. The molecule has 6 nitrogen and oxygen atoms in total. The molecule has 0 fully saturated rings. The molecule has 0 bridgehead atoms. The van der Waals surface area contributed by atoms with Crippen LogP contribution < -0.4 is 14.8 Å². The number of para-hydroxylation sites is 1. The van der Waals surface area contributed by atoms with E-state index in [0.717, 1.165) is 5.56 Å². The average Bonchev–Trinajstić information content (AvgIpc) is 2.65. The number of nitrogens with one attached hydrogen (secondary N) is 1. The van der Waals surface area contributed by atoms with Crippen molar-refractivity contribution in [2.45, 2.75) is 0 Å². The third kappa shape index (κ3) is 5.35. The number of hydrogen-bond acceptors (Lipinski definition) is 4. The molecule has 0 aromatic heterocycles. The van der Waals surface area contributed by atoms with Crippen LogP contribution in [-0.2, 0) is 4.79 Å². The number of alkyl halides is 1. The Hall–Kier alpha value is -2.80. The van der Waals surface area contributed by atoms with Gasteiger partial charge in [0, 0.05) is 11.4 Å². The fraction of sp³-hybridized carbons (Fsp3) is 0.158. The van der Waals surface area contributed by atoms with Gasteiger partial charge < -0.3 is 19.9 Å². The first-order valence-electron chi connectivity index (χ1n) is 7.73. The first kappa shape index (κ1) is 19.5. The molecule has 0 aliphatic heterocycles. The summed E-state index contributed by atoms with van der Waals surface area (Å²) in [7, 11) is 1.54. The molecule has 2 aromatic rings. The summed E-state index contributed by atoms with van der Waals surface area (Å²) in [6, 6.07) is 11.5. The number of hydrogen-bond donors (Lipinski definition) is 2. The van der Waals surface area contributed by atoms with Crippen molar-refractivity contribution < 1.29 is 24.2 Å². The smallest absolute Gasteiger partial charge is 0.337 e. The van der Waals surface area contributed by atoms with Gasteiger partial charge in [-0.2, -0.15) is 0 Å². The Morgan fingerprint density at radius 1 is 1.19 bits per heavy atom. The summed E-state index contributed by atoms with van der Waals surface area (Å²) in [5.74, 6) is -0.361. The standard InChI is InChI=1S/C19H18BrNO5/c1-25-17-12-13(6-8-16(17)26-11-10-20)7-9-18(22)21-15-5-3-2-4-14(15)19(23)24/h2-9,12H,10-11H2,1H3,(H,21,22)(H,23,24)/b9-7+. The van der Waals surface area contributed by atoms with Crippen LogP contribution in [0.4, 0.5) is 5.69 Å². The van der Waals surface area contributed by atoms with Crippen molar-refractivity contribution in [3.63, 3.8) is 0 Å². The fourth-order valence-electron chi connectivity index (χ4n) is 2.18. The van der Waals surface area contributed by atoms with Crippen LogP contribution in [0.5, 0.6) is 11.5 Å². The summed E-state index contributed by atoms with van der Waals surface area (Å²) in [5, 5.41) is 12.4. The number of halogens is 1. The molecule has 0 radical (unpaired) electrons. The molecule has 136 valence electrons. The number of methoxy groups -OCH3 is 1. The van der Waals surface area contributed by atoms with Gasteiger partial charge in [-0.25, -0.2) is 4.79 Å². The third-order valence-electron chi connectivity index (χ3n) is 3.36. The first-order chi connectivity index (χ1) is 12.5. The van der Waals surface area contributed by atoms with Crippen LogP contribution in [0.2, 0.25) is 0 Å². The number of carboxylic acids is 1. The van der Waals surface area contributed by atoms with Gasteiger partial charge in [0.1, 0.15) is 0 Å². The molecular formula is C19H18BrNO5. The maximum atomic E-state index is 12.1. The van der Waals surface area contributed by atoms with Crippen molar-refractivity contribution in [3.05, 3.63) is 59.7 Å². The highest BCUT2D eigenvalue weighted by Crippen LogP contribution is 2.28. The van der Waals surface area contributed by atoms with E-state index in [-0.39, 0.29) is 11.3 Å². The van der Waals surface area contributed by atoms with Crippen LogP contribution in [0.1, 0.15) is 15.9 Å². The number of carbonyl (C=O) groups is 2. The van der Waals surface area contributed by atoms with Gasteiger partial charge in [-0.3, -0.25) is 4.79 Å². The Bertz CT molecular complexity index is 819. The van der Waals surface area contributed by atoms with Crippen LogP contribution in [0, 0.1) is 0 Å². The quantitative estimate of drug-likeness (QED) is 0.501. The zero-order valence-electron chi connectivity index (χ0n) is 14.1. The van der Waals surface area contributed by atoms with Crippen molar-refractivity contribution in [1.29, 1.82) is 0 Å². The predicted octanol–water partition coefficient (Wildman–Crippen LogP) is 3.82. The van der Waals surface area contributed by atoms with E-state index in [2.05, 4.69) is 21.2 Å². The summed E-state index contributed by atoms with van der Waals surface area (Å²) >= 11 is 3.29. The normalized spacial score (nSPS) is 10.5. The van der Waals surface area contributed by atoms with Crippen molar-refractivity contribution in [2.24, 2.45) is 0 Å². The minimum absolute atomic E-state index is 0.0317. The Labute approximate surface area is 159 Å². The van der Waals surface area contributed by atoms with Gasteiger partial charge in [-0.05, 0) is 35.9 Å². The highest BCUT2D eigenvalue weighted by molar-refractivity contribution is 9.09. The maximum absolute atomic E-state index is 12.1. The fourth-order valence-corrected chi connectivity index (χ4v) is 2.34. The number of rotatable bonds is 8. The van der Waals surface area contributed by atoms with Gasteiger partial charge in [0.15, 0.2) is 11.5 Å². The largest absolute Gasteiger partial charge is 0.493 e. The molecule has 0 saturated heterocycles. The summed E-state index contributed by atoms with van der Waals surface area (Å²) < 4.78 is 10.8. The van der Waals surface area contributed by atoms with Crippen LogP contribution in [0.15, 0.2) is 48.5 Å². The van der Waals surface area contributed by atoms with E-state index in [0.29, 0.717) is 23.4 Å². The number of carboxylic acid groups (broad SMARTS) is 1. The Morgan fingerprint density at radius 2 is 1.96 bits per heavy atom. The second kappa shape index (κ2) is 9.62. The average molecular weight is 420 g/mol. The van der Waals surface area contributed by atoms with E-state index in [9.17, 15) is 9.59 Å². The second-order valence-electron chi connectivity index (χ2n) is 5.12. The lowest BCUT2D eigenvalue weighted by atomic mass is 10.1. The summed E-state index contributed by atoms with van der Waals surface area (Å²) in [4.78, 5) is 23.2. The van der Waals surface area contributed by atoms with E-state index in [1.165, 1.54) is 18.2 Å². The third-order valence-corrected chi connectivity index (χ3v) is 3.69. The van der Waals surface area contributed by atoms with Crippen molar-refractivity contribution in [3.8, 4) is 11.5 Å². The van der Waals surface area contributed by atoms with Gasteiger partial charge in [0.2, 0.25) is 5.91 Å². The molecule has 7 heteroatoms. The van der Waals surface area contributed by atoms with Gasteiger partial charge >= 0.3 is 5.97 Å². The summed E-state index contributed by atoms with van der Waals surface area (Å²) in [6.45, 7) is 0.511. The SMILES string of the molecule is COc1cc(/C=C/C(=O)Nc2ccccc2C(=O)O)ccc1OCCBr. The van der Waals surface area contributed by atoms with E-state index >= 15 is 0 Å². The number of aromatic carboxylic acids is 1. The molecule has 26 heavy (non-hydrogen) atoms. The number of benzene rings is 2. The molecule has 0 unspecified atom stereocenters. The molecule has 0 atom stereocenters. The van der Waals surface area contributed by atoms with Gasteiger partial charge in [0.05, 0.1) is 25.0 Å². The number of carbonyl (C=O) groups excluding carboxylic acids is 1. The molecule has 2 rings (SSSR count). The van der Waals surface area contributed by atoms with Gasteiger partial charge in [-0.1, -0.05) is 34.1 Å². The van der Waals surface area contributed by atoms with Crippen molar-refractivity contribution in [2.75, 3.05) is 24.4 Å².